The van der Waals surface area contributed by atoms with Crippen LogP contribution in [-0.4, -0.2) is 28.7 Å². The van der Waals surface area contributed by atoms with Gasteiger partial charge in [0.15, 0.2) is 0 Å². The summed E-state index contributed by atoms with van der Waals surface area (Å²) in [4.78, 5) is 21.5. The minimum atomic E-state index is -5.07. The third-order valence-electron chi connectivity index (χ3n) is 2.15. The first-order chi connectivity index (χ1) is 7.13. The van der Waals surface area contributed by atoms with Gasteiger partial charge in [0.2, 0.25) is 0 Å². The summed E-state index contributed by atoms with van der Waals surface area (Å²) < 4.78 is 35.9. The Bertz CT molecular complexity index is 278. The molecule has 94 valence electrons. The van der Waals surface area contributed by atoms with Gasteiger partial charge in [-0.1, -0.05) is 19.8 Å². The molecule has 16 heavy (non-hydrogen) atoms. The van der Waals surface area contributed by atoms with Crippen LogP contribution in [0.5, 0.6) is 0 Å². The number of halogens is 3. The lowest BCUT2D eigenvalue weighted by molar-refractivity contribution is -0.177. The van der Waals surface area contributed by atoms with E-state index < -0.39 is 23.6 Å². The molecule has 1 unspecified atom stereocenters. The Kier molecular flexibility index (Phi) is 4.77. The van der Waals surface area contributed by atoms with Crippen molar-refractivity contribution < 1.29 is 27.9 Å². The smallest absolute Gasteiger partial charge is 0.471 e. The molecule has 7 heteroatoms. The Balaban J connectivity index is 4.69. The van der Waals surface area contributed by atoms with Gasteiger partial charge in [0.25, 0.3) is 0 Å². The second-order valence-corrected chi connectivity index (χ2v) is 3.69. The minimum Gasteiger partial charge on any atom is -0.480 e. The van der Waals surface area contributed by atoms with Gasteiger partial charge in [-0.3, -0.25) is 4.79 Å². The third-order valence-corrected chi connectivity index (χ3v) is 2.15. The SMILES string of the molecule is CCCCC(C)(NC(=O)C(F)(F)F)C(=O)O. The topological polar surface area (TPSA) is 66.4 Å². The van der Waals surface area contributed by atoms with Crippen LogP contribution in [0, 0.1) is 0 Å². The Morgan fingerprint density at radius 3 is 2.12 bits per heavy atom. The minimum absolute atomic E-state index is 0.0410. The highest BCUT2D eigenvalue weighted by Crippen LogP contribution is 2.20. The molecule has 0 bridgehead atoms. The number of carbonyl (C=O) groups excluding carboxylic acids is 1. The molecule has 0 rings (SSSR count). The van der Waals surface area contributed by atoms with Gasteiger partial charge in [-0.05, 0) is 13.3 Å². The van der Waals surface area contributed by atoms with Crippen molar-refractivity contribution in [2.75, 3.05) is 0 Å². The number of hydrogen-bond donors (Lipinski definition) is 2. The third kappa shape index (κ3) is 4.08. The second-order valence-electron chi connectivity index (χ2n) is 3.69. The normalized spacial score (nSPS) is 15.3. The van der Waals surface area contributed by atoms with E-state index in [2.05, 4.69) is 0 Å². The predicted molar refractivity (Wildman–Crippen MR) is 49.8 cm³/mol. The van der Waals surface area contributed by atoms with E-state index in [9.17, 15) is 22.8 Å². The number of aliphatic carboxylic acids is 1. The number of alkyl halides is 3. The van der Waals surface area contributed by atoms with Gasteiger partial charge >= 0.3 is 18.1 Å². The Morgan fingerprint density at radius 2 is 1.81 bits per heavy atom. The lowest BCUT2D eigenvalue weighted by Gasteiger charge is -2.26. The fraction of sp³-hybridized carbons (Fsp3) is 0.778. The molecule has 0 saturated carbocycles. The predicted octanol–water partition coefficient (Wildman–Crippen LogP) is 1.70. The van der Waals surface area contributed by atoms with Crippen molar-refractivity contribution >= 4 is 11.9 Å². The molecule has 0 aromatic carbocycles. The molecule has 0 radical (unpaired) electrons. The van der Waals surface area contributed by atoms with Crippen LogP contribution < -0.4 is 5.32 Å². The van der Waals surface area contributed by atoms with E-state index in [1.807, 2.05) is 0 Å². The number of carbonyl (C=O) groups is 2. The zero-order valence-electron chi connectivity index (χ0n) is 9.02. The van der Waals surface area contributed by atoms with Crippen LogP contribution in [-0.2, 0) is 9.59 Å². The number of rotatable bonds is 5. The van der Waals surface area contributed by atoms with Gasteiger partial charge in [0.05, 0.1) is 0 Å². The summed E-state index contributed by atoms with van der Waals surface area (Å²) in [6.45, 7) is 2.84. The number of hydrogen-bond acceptors (Lipinski definition) is 2. The van der Waals surface area contributed by atoms with Gasteiger partial charge in [-0.25, -0.2) is 4.79 Å². The van der Waals surface area contributed by atoms with E-state index >= 15 is 0 Å². The maximum atomic E-state index is 12.0. The molecule has 0 aliphatic heterocycles. The molecule has 1 amide bonds. The van der Waals surface area contributed by atoms with Gasteiger partial charge in [-0.2, -0.15) is 13.2 Å². The summed E-state index contributed by atoms with van der Waals surface area (Å²) >= 11 is 0. The molecule has 0 fully saturated rings. The molecule has 1 atom stereocenters. The standard InChI is InChI=1S/C9H14F3NO3/c1-3-4-5-8(2,7(15)16)13-6(14)9(10,11)12/h3-5H2,1-2H3,(H,13,14)(H,15,16). The average molecular weight is 241 g/mol. The van der Waals surface area contributed by atoms with E-state index in [0.29, 0.717) is 12.8 Å². The largest absolute Gasteiger partial charge is 0.480 e. The molecule has 0 aliphatic carbocycles. The van der Waals surface area contributed by atoms with E-state index in [4.69, 9.17) is 5.11 Å². The molecule has 0 aromatic heterocycles. The maximum Gasteiger partial charge on any atom is 0.471 e. The van der Waals surface area contributed by atoms with Crippen molar-refractivity contribution in [2.45, 2.75) is 44.8 Å². The molecule has 0 spiro atoms. The van der Waals surface area contributed by atoms with Crippen LogP contribution in [0.1, 0.15) is 33.1 Å². The van der Waals surface area contributed by atoms with Crippen molar-refractivity contribution in [3.05, 3.63) is 0 Å². The summed E-state index contributed by atoms with van der Waals surface area (Å²) in [5.74, 6) is -3.70. The van der Waals surface area contributed by atoms with E-state index in [-0.39, 0.29) is 6.42 Å². The van der Waals surface area contributed by atoms with Gasteiger partial charge in [-0.15, -0.1) is 0 Å². The first kappa shape index (κ1) is 14.7. The van der Waals surface area contributed by atoms with Crippen LogP contribution >= 0.6 is 0 Å². The summed E-state index contributed by atoms with van der Waals surface area (Å²) in [5.41, 5.74) is -1.87. The molecule has 0 aliphatic rings. The van der Waals surface area contributed by atoms with Gasteiger partial charge in [0, 0.05) is 0 Å². The lowest BCUT2D eigenvalue weighted by atomic mass is 9.95. The fourth-order valence-corrected chi connectivity index (χ4v) is 1.07. The second kappa shape index (κ2) is 5.18. The van der Waals surface area contributed by atoms with Gasteiger partial charge < -0.3 is 10.4 Å². The van der Waals surface area contributed by atoms with Crippen LogP contribution in [0.3, 0.4) is 0 Å². The van der Waals surface area contributed by atoms with Crippen LogP contribution in [0.2, 0.25) is 0 Å². The highest BCUT2D eigenvalue weighted by molar-refractivity contribution is 5.89. The fourth-order valence-electron chi connectivity index (χ4n) is 1.07. The van der Waals surface area contributed by atoms with Crippen molar-refractivity contribution in [3.63, 3.8) is 0 Å². The van der Waals surface area contributed by atoms with Crippen LogP contribution in [0.15, 0.2) is 0 Å². The average Bonchev–Trinajstić information content (AvgIpc) is 2.13. The lowest BCUT2D eigenvalue weighted by Crippen LogP contribution is -2.55. The first-order valence-electron chi connectivity index (χ1n) is 4.76. The zero-order chi connectivity index (χ0) is 13.0. The summed E-state index contributed by atoms with van der Waals surface area (Å²) in [6.07, 6.45) is -4.06. The Labute approximate surface area is 90.8 Å². The Hall–Kier alpha value is -1.27. The molecule has 0 aromatic rings. The van der Waals surface area contributed by atoms with Crippen molar-refractivity contribution in [2.24, 2.45) is 0 Å². The monoisotopic (exact) mass is 241 g/mol. The summed E-state index contributed by atoms with van der Waals surface area (Å²) in [6, 6.07) is 0. The zero-order valence-corrected chi connectivity index (χ0v) is 9.02. The highest BCUT2D eigenvalue weighted by atomic mass is 19.4. The maximum absolute atomic E-state index is 12.0. The molecular weight excluding hydrogens is 227 g/mol. The van der Waals surface area contributed by atoms with E-state index in [1.165, 1.54) is 5.32 Å². The highest BCUT2D eigenvalue weighted by Gasteiger charge is 2.44. The molecule has 2 N–H and O–H groups in total. The van der Waals surface area contributed by atoms with Gasteiger partial charge in [0.1, 0.15) is 5.54 Å². The summed E-state index contributed by atoms with van der Waals surface area (Å²) in [7, 11) is 0. The summed E-state index contributed by atoms with van der Waals surface area (Å²) in [5, 5.41) is 10.3. The van der Waals surface area contributed by atoms with E-state index in [0.717, 1.165) is 6.92 Å². The number of carboxylic acid groups (broad SMARTS) is 1. The number of unbranched alkanes of at least 4 members (excludes halogenated alkanes) is 1. The molecular formula is C9H14F3NO3. The van der Waals surface area contributed by atoms with Crippen molar-refractivity contribution in [3.8, 4) is 0 Å². The number of carboxylic acids is 1. The number of amides is 1. The van der Waals surface area contributed by atoms with Crippen molar-refractivity contribution in [1.82, 2.24) is 5.32 Å². The Morgan fingerprint density at radius 1 is 1.31 bits per heavy atom. The van der Waals surface area contributed by atoms with E-state index in [1.54, 1.807) is 6.92 Å². The molecule has 4 nitrogen and oxygen atoms in total. The van der Waals surface area contributed by atoms with Crippen molar-refractivity contribution in [1.29, 1.82) is 0 Å². The molecule has 0 saturated heterocycles. The number of nitrogens with one attached hydrogen (secondary N) is 1. The van der Waals surface area contributed by atoms with Crippen LogP contribution in [0.4, 0.5) is 13.2 Å². The first-order valence-corrected chi connectivity index (χ1v) is 4.76. The van der Waals surface area contributed by atoms with Crippen LogP contribution in [0.25, 0.3) is 0 Å². The quantitative estimate of drug-likeness (QED) is 0.769. The molecule has 0 heterocycles.